The third-order valence-electron chi connectivity index (χ3n) is 17.0. The normalized spacial score (nSPS) is 15.2. The highest BCUT2D eigenvalue weighted by Gasteiger charge is 2.33. The average Bonchev–Trinajstić information content (AvgIpc) is 1.64. The monoisotopic (exact) mass is 1570 g/mol. The van der Waals surface area contributed by atoms with Crippen LogP contribution in [-0.4, -0.2) is 90.4 Å². The summed E-state index contributed by atoms with van der Waals surface area (Å²) in [5, 5.41) is 46.2. The summed E-state index contributed by atoms with van der Waals surface area (Å²) >= 11 is 27.0. The maximum Gasteiger partial charge on any atom is 0.304 e. The fraction of sp³-hybridized carbons (Fsp3) is 0.324. The number of pyridine rings is 2. The molecule has 0 radical (unpaired) electrons. The van der Waals surface area contributed by atoms with E-state index in [1.165, 1.54) is 131 Å². The first-order chi connectivity index (χ1) is 48.2. The van der Waals surface area contributed by atoms with Crippen molar-refractivity contribution >= 4 is 149 Å². The zero-order valence-electron chi connectivity index (χ0n) is 55.6. The van der Waals surface area contributed by atoms with Gasteiger partial charge in [0.25, 0.3) is 23.2 Å². The summed E-state index contributed by atoms with van der Waals surface area (Å²) in [7, 11) is 3.48. The molecule has 530 valence electrons. The van der Waals surface area contributed by atoms with Crippen molar-refractivity contribution in [1.82, 2.24) is 19.8 Å². The van der Waals surface area contributed by atoms with Crippen LogP contribution in [0.15, 0.2) is 145 Å². The number of carbonyl (C=O) groups is 2. The minimum absolute atomic E-state index is 0.0167. The van der Waals surface area contributed by atoms with Gasteiger partial charge < -0.3 is 20.9 Å². The second-order valence-corrected chi connectivity index (χ2v) is 30.0. The number of carbonyl (C=O) groups excluding carboxylic acids is 2. The Morgan fingerprint density at radius 3 is 1.22 bits per heavy atom. The Hall–Kier alpha value is -7.63. The Balaban J connectivity index is 0.000000140. The number of rotatable bonds is 15. The summed E-state index contributed by atoms with van der Waals surface area (Å²) < 4.78 is 26.2. The van der Waals surface area contributed by atoms with Gasteiger partial charge in [0.15, 0.2) is 0 Å². The second-order valence-electron chi connectivity index (χ2n) is 24.5. The highest BCUT2D eigenvalue weighted by Crippen LogP contribution is 2.47. The molecule has 6 aromatic carbocycles. The fourth-order valence-electron chi connectivity index (χ4n) is 10.9. The molecule has 0 saturated heterocycles. The molecular formula is C71H70BrCl3F2N10O10S4. The minimum Gasteiger partial charge on any atom is -0.398 e. The molecule has 30 heteroatoms. The van der Waals surface area contributed by atoms with Gasteiger partial charge in [-0.05, 0) is 213 Å². The maximum absolute atomic E-state index is 13.0. The van der Waals surface area contributed by atoms with Crippen LogP contribution in [0.3, 0.4) is 0 Å². The molecule has 101 heavy (non-hydrogen) atoms. The molecule has 3 N–H and O–H groups in total. The van der Waals surface area contributed by atoms with Crippen LogP contribution in [0.25, 0.3) is 0 Å². The zero-order chi connectivity index (χ0) is 73.1. The highest BCUT2D eigenvalue weighted by atomic mass is 79.9. The summed E-state index contributed by atoms with van der Waals surface area (Å²) in [5.41, 5.74) is 16.7. The van der Waals surface area contributed by atoms with E-state index in [9.17, 15) is 58.8 Å². The van der Waals surface area contributed by atoms with Crippen molar-refractivity contribution in [1.29, 1.82) is 0 Å². The number of aromatic nitrogens is 2. The summed E-state index contributed by atoms with van der Waals surface area (Å²) in [5.74, 6) is 1.62. The van der Waals surface area contributed by atoms with Gasteiger partial charge >= 0.3 is 11.4 Å². The van der Waals surface area contributed by atoms with Gasteiger partial charge in [0.2, 0.25) is 11.6 Å². The van der Waals surface area contributed by atoms with E-state index in [-0.39, 0.29) is 33.0 Å². The van der Waals surface area contributed by atoms with Crippen LogP contribution < -0.4 is 11.1 Å². The summed E-state index contributed by atoms with van der Waals surface area (Å²) in [4.78, 5) is 79.0. The number of benzene rings is 6. The molecule has 4 heterocycles. The lowest BCUT2D eigenvalue weighted by atomic mass is 10.1. The number of nitrogens with one attached hydrogen (secondary N) is 1. The quantitative estimate of drug-likeness (QED) is 0.0317. The molecule has 20 nitrogen and oxygen atoms in total. The van der Waals surface area contributed by atoms with E-state index in [1.807, 2.05) is 42.8 Å². The van der Waals surface area contributed by atoms with Gasteiger partial charge in [-0.1, -0.05) is 81.1 Å². The molecule has 0 unspecified atom stereocenters. The lowest BCUT2D eigenvalue weighted by Crippen LogP contribution is -2.18. The van der Waals surface area contributed by atoms with Crippen molar-refractivity contribution in [2.75, 3.05) is 50.2 Å². The van der Waals surface area contributed by atoms with Gasteiger partial charge in [0.05, 0.1) is 81.5 Å². The number of thioether (sulfide) groups is 4. The third kappa shape index (κ3) is 21.0. The van der Waals surface area contributed by atoms with Gasteiger partial charge in [-0.2, -0.15) is 8.78 Å². The lowest BCUT2D eigenvalue weighted by Gasteiger charge is -2.15. The van der Waals surface area contributed by atoms with Gasteiger partial charge in [-0.3, -0.25) is 50.0 Å². The summed E-state index contributed by atoms with van der Waals surface area (Å²) in [6, 6.07) is 34.8. The maximum atomic E-state index is 13.0. The second kappa shape index (κ2) is 35.0. The lowest BCUT2D eigenvalue weighted by molar-refractivity contribution is -0.387. The smallest absolute Gasteiger partial charge is 0.304 e. The summed E-state index contributed by atoms with van der Waals surface area (Å²) in [6.07, 6.45) is 20.2. The van der Waals surface area contributed by atoms with Crippen LogP contribution in [0.2, 0.25) is 15.3 Å². The molecule has 0 atom stereocenters. The first-order valence-corrected chi connectivity index (χ1v) is 38.6. The third-order valence-corrected chi connectivity index (χ3v) is 21.3. The van der Waals surface area contributed by atoms with Crippen LogP contribution in [0, 0.1) is 52.1 Å². The predicted molar refractivity (Wildman–Crippen MR) is 403 cm³/mol. The molecule has 8 aromatic rings. The molecular weight excluding hydrogens is 1510 g/mol. The largest absolute Gasteiger partial charge is 0.398 e. The van der Waals surface area contributed by atoms with Gasteiger partial charge in [0.1, 0.15) is 10.3 Å². The standard InChI is InChI=1S/C18H18ClN3OS.2C10H11NO2S.C10H13NS.C9H8FNO2.C8H6Cl2N2O.C6H3BrFNO2/c1-22-9-14-17(18(22)23)13(8-16(19)21-14)20-12-6-5-11(10-3-4-10)7-15(12)24-2;2*1-14-10-6-8(7-2-3-7)4-5-9(10)11(12)13;1-12-10-6-8(7-2-3-7)4-5-9(10)11;10-8-5-7(6-1-2-6)3-4-9(8)11(12)13;1-12-3-5-7(8(12)13)4(9)2-6(10)11-5;7-4-1-2-6(9(10)11)5(8)3-4/h5-8,10H,3-4,9H2,1-2H3,(H,20,21);2*4-7H,2-3H2,1H3;4-7H,2-3,11H2,1H3;3-6H,1-2H2;2H,3H2,1H3;1-3H. The van der Waals surface area contributed by atoms with Crippen molar-refractivity contribution in [2.45, 2.75) is 126 Å². The van der Waals surface area contributed by atoms with E-state index >= 15 is 0 Å². The zero-order valence-corrected chi connectivity index (χ0v) is 62.7. The van der Waals surface area contributed by atoms with Crippen LogP contribution >= 0.6 is 97.8 Å². The van der Waals surface area contributed by atoms with Gasteiger partial charge in [-0.15, -0.1) is 47.0 Å². The van der Waals surface area contributed by atoms with E-state index in [0.717, 1.165) is 74.9 Å². The molecule has 2 aromatic heterocycles. The predicted octanol–water partition coefficient (Wildman–Crippen LogP) is 21.0. The van der Waals surface area contributed by atoms with Crippen molar-refractivity contribution in [3.05, 3.63) is 244 Å². The van der Waals surface area contributed by atoms with Crippen LogP contribution in [0.1, 0.15) is 154 Å². The van der Waals surface area contributed by atoms with Crippen molar-refractivity contribution in [3.63, 3.8) is 0 Å². The number of hydrogen-bond acceptors (Lipinski definition) is 18. The molecule has 7 aliphatic rings. The van der Waals surface area contributed by atoms with Crippen molar-refractivity contribution < 1.29 is 38.1 Å². The van der Waals surface area contributed by atoms with E-state index in [4.69, 9.17) is 40.5 Å². The Kier molecular flexibility index (Phi) is 26.9. The van der Waals surface area contributed by atoms with Crippen LogP contribution in [0.5, 0.6) is 0 Å². The number of nitrogens with two attached hydrogens (primary N) is 1. The Morgan fingerprint density at radius 1 is 0.465 bits per heavy atom. The van der Waals surface area contributed by atoms with Crippen molar-refractivity contribution in [3.8, 4) is 0 Å². The van der Waals surface area contributed by atoms with E-state index in [0.29, 0.717) is 67.5 Å². The molecule has 5 saturated carbocycles. The van der Waals surface area contributed by atoms with Gasteiger partial charge in [-0.25, -0.2) is 9.97 Å². The Morgan fingerprint density at radius 2 is 0.812 bits per heavy atom. The van der Waals surface area contributed by atoms with Gasteiger partial charge in [0, 0.05) is 58.3 Å². The van der Waals surface area contributed by atoms with E-state index in [1.54, 1.807) is 71.7 Å². The molecule has 15 rings (SSSR count). The highest BCUT2D eigenvalue weighted by molar-refractivity contribution is 9.10. The number of nitro groups is 4. The van der Waals surface area contributed by atoms with E-state index < -0.39 is 32.9 Å². The molecule has 5 fully saturated rings. The number of fused-ring (bicyclic) bond motifs is 2. The fourth-order valence-corrected chi connectivity index (χ4v) is 14.4. The summed E-state index contributed by atoms with van der Waals surface area (Å²) in [6.45, 7) is 0.980. The van der Waals surface area contributed by atoms with Crippen molar-refractivity contribution in [2.24, 2.45) is 0 Å². The number of amides is 2. The number of anilines is 3. The molecule has 2 aliphatic heterocycles. The minimum atomic E-state index is -0.829. The first kappa shape index (κ1) is 77.5. The molecule has 0 spiro atoms. The molecule has 5 aliphatic carbocycles. The number of nitro benzene ring substituents is 4. The molecule has 0 bridgehead atoms. The van der Waals surface area contributed by atoms with Crippen LogP contribution in [-0.2, 0) is 13.1 Å². The SMILES string of the molecule is CN1Cc2nc(Cl)cc(Cl)c2C1=O.CSc1cc(C2CC2)ccc1N.CSc1cc(C2CC2)ccc1Nc1cc(Cl)nc2c1C(=O)N(C)C2.CSc1cc(C2CC2)ccc1[N+](=O)[O-].CSc1cc(C2CC2)ccc1[N+](=O)[O-].O=[N+]([O-])c1ccc(Br)cc1F.O=[N+]([O-])c1ccc(C2CC2)cc1F. The number of nitrogen functional groups attached to an aromatic ring is 1. The average molecular weight is 1580 g/mol. The Bertz CT molecular complexity index is 4400. The molecule has 2 amide bonds. The topological polar surface area (TPSA) is 277 Å². The number of hydrogen-bond donors (Lipinski definition) is 2. The Labute approximate surface area is 622 Å². The van der Waals surface area contributed by atoms with E-state index in [2.05, 4.69) is 74.1 Å². The van der Waals surface area contributed by atoms with Crippen LogP contribution in [0.4, 0.5) is 48.6 Å². The number of nitrogens with zero attached hydrogens (tertiary/aromatic N) is 8. The first-order valence-electron chi connectivity index (χ1n) is 31.8. The number of halogens is 6.